The van der Waals surface area contributed by atoms with Crippen molar-refractivity contribution in [3.8, 4) is 0 Å². The van der Waals surface area contributed by atoms with E-state index in [0.717, 1.165) is 20.5 Å². The number of imide groups is 1. The van der Waals surface area contributed by atoms with Gasteiger partial charge < -0.3 is 10.6 Å². The third-order valence-electron chi connectivity index (χ3n) is 6.48. The normalized spacial score (nSPS) is 15.0. The molecule has 42 heavy (non-hydrogen) atoms. The fraction of sp³-hybridized carbons (Fsp3) is 0.0909. The summed E-state index contributed by atoms with van der Waals surface area (Å²) in [7, 11) is 0. The molecule has 1 aliphatic heterocycles. The van der Waals surface area contributed by atoms with Gasteiger partial charge in [0.15, 0.2) is 0 Å². The van der Waals surface area contributed by atoms with Crippen LogP contribution in [0.5, 0.6) is 0 Å². The first-order chi connectivity index (χ1) is 20.3. The Morgan fingerprint density at radius 2 is 1.62 bits per heavy atom. The van der Waals surface area contributed by atoms with E-state index in [-0.39, 0.29) is 23.9 Å². The van der Waals surface area contributed by atoms with Gasteiger partial charge in [0.25, 0.3) is 11.8 Å². The molecule has 4 amide bonds. The molecule has 2 N–H and O–H groups in total. The van der Waals surface area contributed by atoms with Gasteiger partial charge in [0, 0.05) is 27.0 Å². The Morgan fingerprint density at radius 1 is 0.905 bits per heavy atom. The number of hydrogen-bond acceptors (Lipinski definition) is 5. The van der Waals surface area contributed by atoms with Crippen LogP contribution in [-0.4, -0.2) is 28.9 Å². The van der Waals surface area contributed by atoms with Gasteiger partial charge in [0.2, 0.25) is 11.8 Å². The van der Waals surface area contributed by atoms with Crippen LogP contribution in [0.1, 0.15) is 27.9 Å². The first-order valence-electron chi connectivity index (χ1n) is 13.1. The van der Waals surface area contributed by atoms with Crippen molar-refractivity contribution in [1.82, 2.24) is 5.32 Å². The van der Waals surface area contributed by atoms with Crippen LogP contribution in [0.2, 0.25) is 0 Å². The van der Waals surface area contributed by atoms with Crippen molar-refractivity contribution in [3.63, 3.8) is 0 Å². The number of amides is 4. The first kappa shape index (κ1) is 29.0. The third-order valence-corrected chi connectivity index (χ3v) is 8.17. The Bertz CT molecular complexity index is 1670. The predicted octanol–water partition coefficient (Wildman–Crippen LogP) is 6.59. The number of nitrogens with one attached hydrogen (secondary N) is 2. The van der Waals surface area contributed by atoms with E-state index in [1.54, 1.807) is 66.7 Å². The molecule has 0 aromatic heterocycles. The Balaban J connectivity index is 1.28. The summed E-state index contributed by atoms with van der Waals surface area (Å²) in [5.74, 6) is -1.38. The minimum Gasteiger partial charge on any atom is -0.321 e. The topological polar surface area (TPSA) is 95.6 Å². The van der Waals surface area contributed by atoms with E-state index in [0.29, 0.717) is 16.9 Å². The van der Waals surface area contributed by atoms with Gasteiger partial charge in [-0.05, 0) is 79.2 Å². The lowest BCUT2D eigenvalue weighted by atomic mass is 10.1. The molecule has 0 saturated carbocycles. The average Bonchev–Trinajstić information content (AvgIpc) is 3.26. The number of carbonyl (C=O) groups excluding carboxylic acids is 4. The summed E-state index contributed by atoms with van der Waals surface area (Å²) in [6, 6.07) is 30.3. The zero-order valence-electron chi connectivity index (χ0n) is 22.5. The monoisotopic (exact) mass is 639 g/mol. The number of carbonyl (C=O) groups is 4. The van der Waals surface area contributed by atoms with E-state index in [9.17, 15) is 19.2 Å². The highest BCUT2D eigenvalue weighted by Gasteiger charge is 2.40. The highest BCUT2D eigenvalue weighted by molar-refractivity contribution is 9.10. The predicted molar refractivity (Wildman–Crippen MR) is 169 cm³/mol. The lowest BCUT2D eigenvalue weighted by Gasteiger charge is -2.15. The molecule has 0 bridgehead atoms. The second kappa shape index (κ2) is 13.0. The Labute approximate surface area is 256 Å². The number of benzene rings is 4. The van der Waals surface area contributed by atoms with Crippen LogP contribution in [0.15, 0.2) is 118 Å². The summed E-state index contributed by atoms with van der Waals surface area (Å²) in [4.78, 5) is 53.9. The molecule has 210 valence electrons. The smallest absolute Gasteiger partial charge is 0.272 e. The summed E-state index contributed by atoms with van der Waals surface area (Å²) < 4.78 is 0.836. The molecule has 1 saturated heterocycles. The quantitative estimate of drug-likeness (QED) is 0.167. The molecule has 0 radical (unpaired) electrons. The van der Waals surface area contributed by atoms with Crippen molar-refractivity contribution >= 4 is 68.8 Å². The summed E-state index contributed by atoms with van der Waals surface area (Å²) in [5, 5.41) is 5.02. The standard InChI is InChI=1S/C33H26BrN3O4S/c1-21-10-14-26(15-11-21)37-30(38)20-29(33(37)41)42-27-16-12-25(13-17-27)35-32(40)28(19-22-6-5-9-24(34)18-22)36-31(39)23-7-3-2-4-8-23/h2-19,29H,20H2,1H3,(H,35,40)(H,36,39)/b28-19-. The Hall–Kier alpha value is -4.47. The number of anilines is 2. The number of thioether (sulfide) groups is 1. The van der Waals surface area contributed by atoms with Crippen LogP contribution in [0, 0.1) is 6.92 Å². The van der Waals surface area contributed by atoms with Gasteiger partial charge in [-0.25, -0.2) is 4.90 Å². The number of nitrogens with zero attached hydrogens (tertiary/aromatic N) is 1. The van der Waals surface area contributed by atoms with Crippen molar-refractivity contribution in [2.75, 3.05) is 10.2 Å². The van der Waals surface area contributed by atoms with Crippen molar-refractivity contribution in [1.29, 1.82) is 0 Å². The fourth-order valence-electron chi connectivity index (χ4n) is 4.35. The maximum Gasteiger partial charge on any atom is 0.272 e. The third kappa shape index (κ3) is 7.05. The molecular formula is C33H26BrN3O4S. The van der Waals surface area contributed by atoms with Crippen LogP contribution in [0.4, 0.5) is 11.4 Å². The molecule has 1 heterocycles. The zero-order chi connectivity index (χ0) is 29.6. The minimum atomic E-state index is -0.535. The van der Waals surface area contributed by atoms with Gasteiger partial charge in [-0.1, -0.05) is 64.0 Å². The Morgan fingerprint density at radius 3 is 2.31 bits per heavy atom. The molecule has 1 aliphatic rings. The highest BCUT2D eigenvalue weighted by atomic mass is 79.9. The van der Waals surface area contributed by atoms with Gasteiger partial charge in [-0.15, -0.1) is 11.8 Å². The summed E-state index contributed by atoms with van der Waals surface area (Å²) in [6.45, 7) is 1.95. The molecule has 1 atom stereocenters. The maximum atomic E-state index is 13.3. The highest BCUT2D eigenvalue weighted by Crippen LogP contribution is 2.34. The van der Waals surface area contributed by atoms with E-state index in [2.05, 4.69) is 26.6 Å². The van der Waals surface area contributed by atoms with E-state index < -0.39 is 17.1 Å². The number of hydrogen-bond donors (Lipinski definition) is 2. The van der Waals surface area contributed by atoms with Gasteiger partial charge in [-0.3, -0.25) is 19.2 Å². The number of aryl methyl sites for hydroxylation is 1. The van der Waals surface area contributed by atoms with Crippen molar-refractivity contribution < 1.29 is 19.2 Å². The SMILES string of the molecule is Cc1ccc(N2C(=O)CC(Sc3ccc(NC(=O)/C(=C/c4cccc(Br)c4)NC(=O)c4ccccc4)cc3)C2=O)cc1. The van der Waals surface area contributed by atoms with Crippen LogP contribution in [0.25, 0.3) is 6.08 Å². The largest absolute Gasteiger partial charge is 0.321 e. The zero-order valence-corrected chi connectivity index (χ0v) is 24.9. The van der Waals surface area contributed by atoms with Gasteiger partial charge >= 0.3 is 0 Å². The summed E-state index contributed by atoms with van der Waals surface area (Å²) >= 11 is 4.74. The van der Waals surface area contributed by atoms with Gasteiger partial charge in [0.05, 0.1) is 10.9 Å². The molecule has 1 unspecified atom stereocenters. The summed E-state index contributed by atoms with van der Waals surface area (Å²) in [6.07, 6.45) is 1.72. The lowest BCUT2D eigenvalue weighted by molar-refractivity contribution is -0.121. The van der Waals surface area contributed by atoms with E-state index in [1.165, 1.54) is 16.7 Å². The van der Waals surface area contributed by atoms with Crippen LogP contribution in [-0.2, 0) is 14.4 Å². The van der Waals surface area contributed by atoms with Crippen molar-refractivity contribution in [3.05, 3.63) is 130 Å². The van der Waals surface area contributed by atoms with Crippen molar-refractivity contribution in [2.45, 2.75) is 23.5 Å². The van der Waals surface area contributed by atoms with Gasteiger partial charge in [0.1, 0.15) is 5.70 Å². The van der Waals surface area contributed by atoms with E-state index >= 15 is 0 Å². The maximum absolute atomic E-state index is 13.3. The molecule has 5 rings (SSSR count). The molecule has 4 aromatic rings. The fourth-order valence-corrected chi connectivity index (χ4v) is 5.82. The number of rotatable bonds is 8. The molecule has 0 aliphatic carbocycles. The van der Waals surface area contributed by atoms with Crippen LogP contribution in [0.3, 0.4) is 0 Å². The second-order valence-electron chi connectivity index (χ2n) is 9.63. The summed E-state index contributed by atoms with van der Waals surface area (Å²) in [5.41, 5.74) is 3.35. The van der Waals surface area contributed by atoms with Crippen molar-refractivity contribution in [2.24, 2.45) is 0 Å². The lowest BCUT2D eigenvalue weighted by Crippen LogP contribution is -2.31. The Kier molecular flexibility index (Phi) is 9.00. The molecular weight excluding hydrogens is 614 g/mol. The van der Waals surface area contributed by atoms with Crippen LogP contribution >= 0.6 is 27.7 Å². The minimum absolute atomic E-state index is 0.0756. The van der Waals surface area contributed by atoms with E-state index in [1.807, 2.05) is 49.4 Å². The van der Waals surface area contributed by atoms with E-state index in [4.69, 9.17) is 0 Å². The molecule has 7 nitrogen and oxygen atoms in total. The molecule has 0 spiro atoms. The molecule has 4 aromatic carbocycles. The molecule has 1 fully saturated rings. The molecule has 9 heteroatoms. The average molecular weight is 641 g/mol. The second-order valence-corrected chi connectivity index (χ2v) is 11.8. The number of halogens is 1. The van der Waals surface area contributed by atoms with Crippen LogP contribution < -0.4 is 15.5 Å². The first-order valence-corrected chi connectivity index (χ1v) is 14.8. The van der Waals surface area contributed by atoms with Gasteiger partial charge in [-0.2, -0.15) is 0 Å².